The van der Waals surface area contributed by atoms with E-state index >= 15 is 0 Å². The topological polar surface area (TPSA) is 40.5 Å². The molecule has 2 fully saturated rings. The van der Waals surface area contributed by atoms with Crippen LogP contribution in [0.2, 0.25) is 0 Å². The molecule has 1 saturated carbocycles. The van der Waals surface area contributed by atoms with E-state index in [1.165, 1.54) is 37.9 Å². The lowest BCUT2D eigenvalue weighted by Gasteiger charge is -2.33. The molecule has 22 heavy (non-hydrogen) atoms. The van der Waals surface area contributed by atoms with Crippen LogP contribution < -0.4 is 0 Å². The van der Waals surface area contributed by atoms with Gasteiger partial charge in [-0.15, -0.1) is 0 Å². The van der Waals surface area contributed by atoms with Crippen molar-refractivity contribution in [2.75, 3.05) is 19.6 Å². The van der Waals surface area contributed by atoms with Crippen LogP contribution in [0.1, 0.15) is 56.1 Å². The summed E-state index contributed by atoms with van der Waals surface area (Å²) in [4.78, 5) is 14.4. The molecular formula is C19H27NO2. The van der Waals surface area contributed by atoms with Gasteiger partial charge in [-0.2, -0.15) is 0 Å². The van der Waals surface area contributed by atoms with Crippen LogP contribution in [-0.2, 0) is 16.6 Å². The average molecular weight is 301 g/mol. The minimum Gasteiger partial charge on any atom is -0.481 e. The second-order valence-electron chi connectivity index (χ2n) is 6.94. The van der Waals surface area contributed by atoms with Crippen LogP contribution in [0.15, 0.2) is 24.3 Å². The summed E-state index contributed by atoms with van der Waals surface area (Å²) in [6, 6.07) is 8.42. The molecule has 0 unspecified atom stereocenters. The van der Waals surface area contributed by atoms with Gasteiger partial charge in [-0.05, 0) is 56.3 Å². The summed E-state index contributed by atoms with van der Waals surface area (Å²) in [6.45, 7) is 3.60. The van der Waals surface area contributed by atoms with Gasteiger partial charge in [-0.1, -0.05) is 43.5 Å². The first kappa shape index (κ1) is 15.5. The van der Waals surface area contributed by atoms with Crippen molar-refractivity contribution in [3.63, 3.8) is 0 Å². The number of carboxylic acid groups (broad SMARTS) is 1. The van der Waals surface area contributed by atoms with Crippen LogP contribution in [0.5, 0.6) is 0 Å². The number of nitrogens with zero attached hydrogens (tertiary/aromatic N) is 1. The molecule has 1 aromatic rings. The molecule has 0 amide bonds. The molecule has 0 aromatic heterocycles. The molecule has 1 aliphatic carbocycles. The fourth-order valence-electron chi connectivity index (χ4n) is 4.07. The Kier molecular flexibility index (Phi) is 4.82. The molecule has 0 spiro atoms. The zero-order chi connectivity index (χ0) is 15.4. The Morgan fingerprint density at radius 1 is 1.00 bits per heavy atom. The minimum atomic E-state index is -0.642. The highest BCUT2D eigenvalue weighted by atomic mass is 16.4. The van der Waals surface area contributed by atoms with Crippen molar-refractivity contribution in [3.8, 4) is 0 Å². The fourth-order valence-corrected chi connectivity index (χ4v) is 4.07. The van der Waals surface area contributed by atoms with E-state index in [0.717, 1.165) is 44.2 Å². The largest absolute Gasteiger partial charge is 0.481 e. The summed E-state index contributed by atoms with van der Waals surface area (Å²) >= 11 is 0. The Bertz CT molecular complexity index is 497. The van der Waals surface area contributed by atoms with E-state index in [1.54, 1.807) is 0 Å². The number of carboxylic acids is 1. The Labute approximate surface area is 133 Å². The molecule has 1 N–H and O–H groups in total. The highest BCUT2D eigenvalue weighted by Crippen LogP contribution is 2.39. The lowest BCUT2D eigenvalue weighted by molar-refractivity contribution is -0.145. The Morgan fingerprint density at radius 3 is 2.23 bits per heavy atom. The molecule has 3 rings (SSSR count). The number of benzene rings is 1. The van der Waals surface area contributed by atoms with Gasteiger partial charge >= 0.3 is 5.97 Å². The standard InChI is InChI=1S/C19H27NO2/c21-18(22)19(11-2-1-3-12-19)17-8-6-16(7-9-17)10-15-20-13-4-5-14-20/h6-9H,1-5,10-15H2,(H,21,22). The molecule has 3 heteroatoms. The van der Waals surface area contributed by atoms with Gasteiger partial charge in [0.05, 0.1) is 5.41 Å². The summed E-state index contributed by atoms with van der Waals surface area (Å²) in [6.07, 6.45) is 8.54. The zero-order valence-corrected chi connectivity index (χ0v) is 13.4. The van der Waals surface area contributed by atoms with Crippen molar-refractivity contribution >= 4 is 5.97 Å². The average Bonchev–Trinajstić information content (AvgIpc) is 3.07. The minimum absolute atomic E-state index is 0.633. The molecule has 1 saturated heterocycles. The first-order chi connectivity index (χ1) is 10.7. The third kappa shape index (κ3) is 3.19. The third-order valence-electron chi connectivity index (χ3n) is 5.54. The normalized spacial score (nSPS) is 21.8. The molecule has 120 valence electrons. The predicted molar refractivity (Wildman–Crippen MR) is 88.2 cm³/mol. The second-order valence-corrected chi connectivity index (χ2v) is 6.94. The lowest BCUT2D eigenvalue weighted by Crippen LogP contribution is -2.37. The van der Waals surface area contributed by atoms with Gasteiger partial charge in [0.1, 0.15) is 0 Å². The smallest absolute Gasteiger partial charge is 0.314 e. The van der Waals surface area contributed by atoms with Gasteiger partial charge in [0.15, 0.2) is 0 Å². The van der Waals surface area contributed by atoms with Crippen molar-refractivity contribution in [3.05, 3.63) is 35.4 Å². The maximum absolute atomic E-state index is 11.9. The number of hydrogen-bond donors (Lipinski definition) is 1. The molecule has 1 aliphatic heterocycles. The van der Waals surface area contributed by atoms with Crippen LogP contribution in [0.3, 0.4) is 0 Å². The van der Waals surface area contributed by atoms with Crippen molar-refractivity contribution in [1.82, 2.24) is 4.90 Å². The summed E-state index contributed by atoms with van der Waals surface area (Å²) in [7, 11) is 0. The Morgan fingerprint density at radius 2 is 1.64 bits per heavy atom. The monoisotopic (exact) mass is 301 g/mol. The molecule has 0 radical (unpaired) electrons. The highest BCUT2D eigenvalue weighted by Gasteiger charge is 2.41. The first-order valence-electron chi connectivity index (χ1n) is 8.76. The summed E-state index contributed by atoms with van der Waals surface area (Å²) < 4.78 is 0. The number of carbonyl (C=O) groups is 1. The summed E-state index contributed by atoms with van der Waals surface area (Å²) in [5.74, 6) is -0.642. The Balaban J connectivity index is 1.68. The van der Waals surface area contributed by atoms with Crippen LogP contribution in [0, 0.1) is 0 Å². The van der Waals surface area contributed by atoms with E-state index < -0.39 is 11.4 Å². The lowest BCUT2D eigenvalue weighted by atomic mass is 9.69. The third-order valence-corrected chi connectivity index (χ3v) is 5.54. The van der Waals surface area contributed by atoms with E-state index in [1.807, 2.05) is 0 Å². The number of likely N-dealkylation sites (tertiary alicyclic amines) is 1. The molecule has 1 heterocycles. The van der Waals surface area contributed by atoms with E-state index in [-0.39, 0.29) is 0 Å². The fraction of sp³-hybridized carbons (Fsp3) is 0.632. The molecule has 0 atom stereocenters. The molecule has 2 aliphatic rings. The van der Waals surface area contributed by atoms with Crippen LogP contribution in [0.4, 0.5) is 0 Å². The van der Waals surface area contributed by atoms with Crippen LogP contribution in [0.25, 0.3) is 0 Å². The second kappa shape index (κ2) is 6.82. The quantitative estimate of drug-likeness (QED) is 0.903. The van der Waals surface area contributed by atoms with E-state index in [4.69, 9.17) is 0 Å². The van der Waals surface area contributed by atoms with Crippen molar-refractivity contribution in [1.29, 1.82) is 0 Å². The Hall–Kier alpha value is -1.35. The maximum atomic E-state index is 11.9. The SMILES string of the molecule is O=C(O)C1(c2ccc(CCN3CCCC3)cc2)CCCCC1. The number of hydrogen-bond acceptors (Lipinski definition) is 2. The van der Waals surface area contributed by atoms with Gasteiger partial charge in [-0.3, -0.25) is 4.79 Å². The van der Waals surface area contributed by atoms with Gasteiger partial charge in [0.2, 0.25) is 0 Å². The van der Waals surface area contributed by atoms with Gasteiger partial charge in [0, 0.05) is 6.54 Å². The molecule has 1 aromatic carbocycles. The van der Waals surface area contributed by atoms with Crippen molar-refractivity contribution in [2.45, 2.75) is 56.8 Å². The van der Waals surface area contributed by atoms with Gasteiger partial charge in [-0.25, -0.2) is 0 Å². The van der Waals surface area contributed by atoms with Gasteiger partial charge < -0.3 is 10.0 Å². The molecular weight excluding hydrogens is 274 g/mol. The number of rotatable bonds is 5. The molecule has 3 nitrogen and oxygen atoms in total. The zero-order valence-electron chi connectivity index (χ0n) is 13.4. The van der Waals surface area contributed by atoms with Crippen molar-refractivity contribution < 1.29 is 9.90 Å². The highest BCUT2D eigenvalue weighted by molar-refractivity contribution is 5.81. The van der Waals surface area contributed by atoms with Crippen LogP contribution >= 0.6 is 0 Å². The molecule has 0 bridgehead atoms. The first-order valence-corrected chi connectivity index (χ1v) is 8.76. The summed E-state index contributed by atoms with van der Waals surface area (Å²) in [5.41, 5.74) is 1.70. The van der Waals surface area contributed by atoms with E-state index in [0.29, 0.717) is 0 Å². The predicted octanol–water partition coefficient (Wildman–Crippen LogP) is 3.61. The summed E-state index contributed by atoms with van der Waals surface area (Å²) in [5, 5.41) is 9.75. The van der Waals surface area contributed by atoms with E-state index in [2.05, 4.69) is 29.2 Å². The number of aliphatic carboxylic acids is 1. The van der Waals surface area contributed by atoms with Crippen LogP contribution in [-0.4, -0.2) is 35.6 Å². The van der Waals surface area contributed by atoms with Crippen molar-refractivity contribution in [2.24, 2.45) is 0 Å². The van der Waals surface area contributed by atoms with Gasteiger partial charge in [0.25, 0.3) is 0 Å². The maximum Gasteiger partial charge on any atom is 0.314 e. The van der Waals surface area contributed by atoms with E-state index in [9.17, 15) is 9.90 Å².